The zero-order valence-electron chi connectivity index (χ0n) is 15.0. The summed E-state index contributed by atoms with van der Waals surface area (Å²) < 4.78 is 13.3. The first kappa shape index (κ1) is 17.5. The summed E-state index contributed by atoms with van der Waals surface area (Å²) in [4.78, 5) is 16.7. The number of carbonyl (C=O) groups is 1. The standard InChI is InChI=1S/C18H19N5O3S/c1-10-7-13(14(24)9-27-18-20-17(19)21-22-18)11(2)23(10)12-3-4-15-16(8-12)26-6-5-25-15/h3-4,7-8H,5-6,9H2,1-2H3,(H3,19,20,21,22). The second-order valence-corrected chi connectivity index (χ2v) is 7.11. The number of ketones is 1. The van der Waals surface area contributed by atoms with E-state index < -0.39 is 0 Å². The molecule has 0 spiro atoms. The molecule has 0 saturated carbocycles. The number of H-pyrrole nitrogens is 1. The summed E-state index contributed by atoms with van der Waals surface area (Å²) in [6, 6.07) is 7.70. The number of hydrogen-bond donors (Lipinski definition) is 2. The Kier molecular flexibility index (Phi) is 4.53. The molecule has 27 heavy (non-hydrogen) atoms. The maximum Gasteiger partial charge on any atom is 0.216 e. The Bertz CT molecular complexity index is 1010. The molecule has 3 heterocycles. The van der Waals surface area contributed by atoms with Gasteiger partial charge in [0.15, 0.2) is 17.3 Å². The van der Waals surface area contributed by atoms with Crippen LogP contribution in [0.15, 0.2) is 29.4 Å². The number of thioether (sulfide) groups is 1. The van der Waals surface area contributed by atoms with E-state index >= 15 is 0 Å². The predicted octanol–water partition coefficient (Wildman–Crippen LogP) is 2.54. The van der Waals surface area contributed by atoms with Gasteiger partial charge < -0.3 is 19.8 Å². The molecule has 1 aromatic carbocycles. The van der Waals surface area contributed by atoms with E-state index in [0.29, 0.717) is 23.9 Å². The van der Waals surface area contributed by atoms with Gasteiger partial charge in [0.1, 0.15) is 13.2 Å². The molecule has 1 aliphatic rings. The van der Waals surface area contributed by atoms with Crippen molar-refractivity contribution in [3.8, 4) is 17.2 Å². The molecule has 0 aliphatic carbocycles. The van der Waals surface area contributed by atoms with Gasteiger partial charge in [-0.2, -0.15) is 4.98 Å². The van der Waals surface area contributed by atoms with E-state index in [2.05, 4.69) is 15.2 Å². The minimum absolute atomic E-state index is 0.0141. The summed E-state index contributed by atoms with van der Waals surface area (Å²) in [6.07, 6.45) is 0. The Hall–Kier alpha value is -2.94. The molecule has 0 bridgehead atoms. The molecule has 0 unspecified atom stereocenters. The van der Waals surface area contributed by atoms with E-state index in [-0.39, 0.29) is 17.5 Å². The number of hydrogen-bond acceptors (Lipinski definition) is 7. The lowest BCUT2D eigenvalue weighted by atomic mass is 10.2. The van der Waals surface area contributed by atoms with Crippen LogP contribution in [0, 0.1) is 13.8 Å². The molecule has 3 N–H and O–H groups in total. The molecule has 0 atom stereocenters. The number of aromatic amines is 1. The summed E-state index contributed by atoms with van der Waals surface area (Å²) in [5.41, 5.74) is 8.97. The number of benzene rings is 1. The first-order valence-corrected chi connectivity index (χ1v) is 9.44. The topological polar surface area (TPSA) is 108 Å². The highest BCUT2D eigenvalue weighted by Crippen LogP contribution is 2.33. The number of fused-ring (bicyclic) bond motifs is 1. The van der Waals surface area contributed by atoms with Gasteiger partial charge in [-0.05, 0) is 32.0 Å². The van der Waals surface area contributed by atoms with Crippen molar-refractivity contribution in [2.75, 3.05) is 24.7 Å². The van der Waals surface area contributed by atoms with Crippen LogP contribution in [-0.2, 0) is 0 Å². The zero-order valence-corrected chi connectivity index (χ0v) is 15.8. The van der Waals surface area contributed by atoms with E-state index in [1.807, 2.05) is 42.7 Å². The average molecular weight is 385 g/mol. The van der Waals surface area contributed by atoms with Crippen molar-refractivity contribution in [1.29, 1.82) is 0 Å². The molecular weight excluding hydrogens is 366 g/mol. The summed E-state index contributed by atoms with van der Waals surface area (Å²) in [6.45, 7) is 5.00. The molecule has 8 nitrogen and oxygen atoms in total. The lowest BCUT2D eigenvalue weighted by Crippen LogP contribution is -2.15. The van der Waals surface area contributed by atoms with Crippen molar-refractivity contribution >= 4 is 23.5 Å². The largest absolute Gasteiger partial charge is 0.486 e. The molecule has 140 valence electrons. The fraction of sp³-hybridized carbons (Fsp3) is 0.278. The van der Waals surface area contributed by atoms with Crippen LogP contribution in [0.1, 0.15) is 21.7 Å². The Morgan fingerprint density at radius 2 is 2.04 bits per heavy atom. The molecule has 3 aromatic rings. The Labute approximate surface area is 160 Å². The number of aromatic nitrogens is 4. The van der Waals surface area contributed by atoms with Crippen LogP contribution in [0.2, 0.25) is 0 Å². The normalized spacial score (nSPS) is 13.0. The number of Topliss-reactive ketones (excluding diaryl/α,β-unsaturated/α-hetero) is 1. The van der Waals surface area contributed by atoms with Crippen molar-refractivity contribution in [3.05, 3.63) is 41.2 Å². The second kappa shape index (κ2) is 6.99. The molecule has 0 fully saturated rings. The van der Waals surface area contributed by atoms with Crippen LogP contribution < -0.4 is 15.2 Å². The lowest BCUT2D eigenvalue weighted by Gasteiger charge is -2.20. The summed E-state index contributed by atoms with van der Waals surface area (Å²) in [5, 5.41) is 6.95. The maximum absolute atomic E-state index is 12.7. The highest BCUT2D eigenvalue weighted by molar-refractivity contribution is 7.99. The summed E-state index contributed by atoms with van der Waals surface area (Å²) in [7, 11) is 0. The predicted molar refractivity (Wildman–Crippen MR) is 102 cm³/mol. The van der Waals surface area contributed by atoms with Crippen molar-refractivity contribution in [1.82, 2.24) is 19.7 Å². The molecule has 9 heteroatoms. The van der Waals surface area contributed by atoms with E-state index in [4.69, 9.17) is 15.2 Å². The third-order valence-corrected chi connectivity index (χ3v) is 5.18. The number of anilines is 1. The molecule has 0 amide bonds. The monoisotopic (exact) mass is 385 g/mol. The van der Waals surface area contributed by atoms with Gasteiger partial charge in [0.05, 0.1) is 5.75 Å². The number of nitrogens with one attached hydrogen (secondary N) is 1. The van der Waals surface area contributed by atoms with Gasteiger partial charge in [0.25, 0.3) is 0 Å². The Morgan fingerprint density at radius 1 is 1.26 bits per heavy atom. The van der Waals surface area contributed by atoms with Gasteiger partial charge in [-0.1, -0.05) is 11.8 Å². The van der Waals surface area contributed by atoms with Crippen molar-refractivity contribution in [2.45, 2.75) is 19.0 Å². The maximum atomic E-state index is 12.7. The van der Waals surface area contributed by atoms with E-state index in [1.165, 1.54) is 11.8 Å². The second-order valence-electron chi connectivity index (χ2n) is 6.16. The van der Waals surface area contributed by atoms with Crippen LogP contribution in [0.3, 0.4) is 0 Å². The minimum Gasteiger partial charge on any atom is -0.486 e. The fourth-order valence-corrected chi connectivity index (χ4v) is 3.83. The number of ether oxygens (including phenoxy) is 2. The van der Waals surface area contributed by atoms with E-state index in [1.54, 1.807) is 0 Å². The van der Waals surface area contributed by atoms with Gasteiger partial charge in [-0.25, -0.2) is 5.10 Å². The smallest absolute Gasteiger partial charge is 0.216 e. The number of nitrogens with two attached hydrogens (primary N) is 1. The molecule has 4 rings (SSSR count). The third-order valence-electron chi connectivity index (χ3n) is 4.33. The SMILES string of the molecule is Cc1cc(C(=O)CSc2n[nH]c(N)n2)c(C)n1-c1ccc2c(c1)OCCO2. The van der Waals surface area contributed by atoms with Crippen molar-refractivity contribution in [3.63, 3.8) is 0 Å². The summed E-state index contributed by atoms with van der Waals surface area (Å²) >= 11 is 1.25. The van der Waals surface area contributed by atoms with Gasteiger partial charge in [-0.15, -0.1) is 5.10 Å². The summed E-state index contributed by atoms with van der Waals surface area (Å²) in [5.74, 6) is 1.95. The van der Waals surface area contributed by atoms with Crippen molar-refractivity contribution in [2.24, 2.45) is 0 Å². The average Bonchev–Trinajstić information content (AvgIpc) is 3.22. The Balaban J connectivity index is 1.59. The number of rotatable bonds is 5. The molecule has 1 aliphatic heterocycles. The van der Waals surface area contributed by atoms with Crippen LogP contribution in [-0.4, -0.2) is 44.5 Å². The minimum atomic E-state index is 0.0141. The highest BCUT2D eigenvalue weighted by atomic mass is 32.2. The lowest BCUT2D eigenvalue weighted by molar-refractivity contribution is 0.102. The fourth-order valence-electron chi connectivity index (χ4n) is 3.14. The molecule has 2 aromatic heterocycles. The van der Waals surface area contributed by atoms with Gasteiger partial charge in [0, 0.05) is 28.7 Å². The quantitative estimate of drug-likeness (QED) is 0.513. The van der Waals surface area contributed by atoms with Crippen molar-refractivity contribution < 1.29 is 14.3 Å². The zero-order chi connectivity index (χ0) is 19.0. The number of nitrogens with zero attached hydrogens (tertiary/aromatic N) is 3. The van der Waals surface area contributed by atoms with Crippen LogP contribution in [0.4, 0.5) is 5.95 Å². The molecule has 0 saturated heterocycles. The van der Waals surface area contributed by atoms with Crippen LogP contribution in [0.25, 0.3) is 5.69 Å². The van der Waals surface area contributed by atoms with Crippen LogP contribution >= 0.6 is 11.8 Å². The van der Waals surface area contributed by atoms with Gasteiger partial charge in [0.2, 0.25) is 11.1 Å². The van der Waals surface area contributed by atoms with E-state index in [0.717, 1.165) is 28.6 Å². The molecule has 0 radical (unpaired) electrons. The Morgan fingerprint density at radius 3 is 2.78 bits per heavy atom. The number of aryl methyl sites for hydroxylation is 1. The van der Waals surface area contributed by atoms with Gasteiger partial charge in [-0.3, -0.25) is 4.79 Å². The molecular formula is C18H19N5O3S. The van der Waals surface area contributed by atoms with Gasteiger partial charge >= 0.3 is 0 Å². The number of nitrogen functional groups attached to an aromatic ring is 1. The number of carbonyl (C=O) groups excluding carboxylic acids is 1. The first-order valence-electron chi connectivity index (χ1n) is 8.46. The van der Waals surface area contributed by atoms with E-state index in [9.17, 15) is 4.79 Å². The van der Waals surface area contributed by atoms with Crippen LogP contribution in [0.5, 0.6) is 11.5 Å². The highest BCUT2D eigenvalue weighted by Gasteiger charge is 2.19. The third kappa shape index (κ3) is 3.37. The first-order chi connectivity index (χ1) is 13.0.